The first-order chi connectivity index (χ1) is 9.58. The molecule has 0 spiro atoms. The lowest BCUT2D eigenvalue weighted by molar-refractivity contribution is -0.117. The van der Waals surface area contributed by atoms with Crippen LogP contribution < -0.4 is 5.32 Å². The monoisotopic (exact) mass is 284 g/mol. The molecule has 0 bridgehead atoms. The van der Waals surface area contributed by atoms with Crippen LogP contribution in [0.4, 0.5) is 14.5 Å². The molecular weight excluding hydrogens is 266 g/mol. The molecule has 1 aromatic rings. The SMILES string of the molecule is O=C(CN1CCC(CO)CC1)Nc1ccc(F)cc1F. The first-order valence-corrected chi connectivity index (χ1v) is 6.66. The Bertz CT molecular complexity index is 474. The predicted molar refractivity (Wildman–Crippen MR) is 71.2 cm³/mol. The van der Waals surface area contributed by atoms with Gasteiger partial charge in [0.05, 0.1) is 12.2 Å². The maximum atomic E-state index is 13.4. The van der Waals surface area contributed by atoms with Gasteiger partial charge in [0.25, 0.3) is 0 Å². The van der Waals surface area contributed by atoms with Crippen molar-refractivity contribution in [1.82, 2.24) is 4.90 Å². The number of rotatable bonds is 4. The van der Waals surface area contributed by atoms with Crippen LogP contribution in [-0.2, 0) is 4.79 Å². The predicted octanol–water partition coefficient (Wildman–Crippen LogP) is 1.61. The summed E-state index contributed by atoms with van der Waals surface area (Å²) in [5.41, 5.74) is -0.0124. The quantitative estimate of drug-likeness (QED) is 0.883. The highest BCUT2D eigenvalue weighted by molar-refractivity contribution is 5.92. The fraction of sp³-hybridized carbons (Fsp3) is 0.500. The van der Waals surface area contributed by atoms with E-state index in [-0.39, 0.29) is 24.7 Å². The third-order valence-electron chi connectivity index (χ3n) is 3.54. The van der Waals surface area contributed by atoms with Crippen LogP contribution in [0.1, 0.15) is 12.8 Å². The summed E-state index contributed by atoms with van der Waals surface area (Å²) in [6.45, 7) is 1.84. The molecule has 1 aliphatic rings. The van der Waals surface area contributed by atoms with Crippen LogP contribution in [0.3, 0.4) is 0 Å². The number of anilines is 1. The molecule has 2 rings (SSSR count). The van der Waals surface area contributed by atoms with Crippen molar-refractivity contribution in [2.75, 3.05) is 31.6 Å². The number of carbonyl (C=O) groups excluding carboxylic acids is 1. The van der Waals surface area contributed by atoms with E-state index >= 15 is 0 Å². The molecule has 0 radical (unpaired) electrons. The zero-order chi connectivity index (χ0) is 14.5. The summed E-state index contributed by atoms with van der Waals surface area (Å²) in [7, 11) is 0. The van der Waals surface area contributed by atoms with Crippen molar-refractivity contribution < 1.29 is 18.7 Å². The van der Waals surface area contributed by atoms with Gasteiger partial charge in [0.2, 0.25) is 5.91 Å². The molecule has 20 heavy (non-hydrogen) atoms. The van der Waals surface area contributed by atoms with Gasteiger partial charge in [-0.1, -0.05) is 0 Å². The van der Waals surface area contributed by atoms with Gasteiger partial charge in [0.1, 0.15) is 11.6 Å². The van der Waals surface area contributed by atoms with Crippen LogP contribution in [-0.4, -0.2) is 42.2 Å². The second-order valence-corrected chi connectivity index (χ2v) is 5.07. The molecule has 0 unspecified atom stereocenters. The van der Waals surface area contributed by atoms with Crippen molar-refractivity contribution in [1.29, 1.82) is 0 Å². The van der Waals surface area contributed by atoms with Gasteiger partial charge in [-0.05, 0) is 44.0 Å². The minimum atomic E-state index is -0.780. The topological polar surface area (TPSA) is 52.6 Å². The van der Waals surface area contributed by atoms with Gasteiger partial charge in [-0.2, -0.15) is 0 Å². The number of aliphatic hydroxyl groups excluding tert-OH is 1. The van der Waals surface area contributed by atoms with Crippen LogP contribution >= 0.6 is 0 Å². The van der Waals surface area contributed by atoms with Crippen molar-refractivity contribution in [2.45, 2.75) is 12.8 Å². The number of hydrogen-bond donors (Lipinski definition) is 2. The van der Waals surface area contributed by atoms with Crippen LogP contribution in [0.25, 0.3) is 0 Å². The van der Waals surface area contributed by atoms with Crippen molar-refractivity contribution in [3.63, 3.8) is 0 Å². The third kappa shape index (κ3) is 3.98. The summed E-state index contributed by atoms with van der Waals surface area (Å²) in [6, 6.07) is 3.05. The molecule has 0 aliphatic carbocycles. The molecule has 1 heterocycles. The van der Waals surface area contributed by atoms with E-state index in [9.17, 15) is 13.6 Å². The van der Waals surface area contributed by atoms with Gasteiger partial charge in [-0.25, -0.2) is 8.78 Å². The van der Waals surface area contributed by atoms with E-state index in [0.717, 1.165) is 38.1 Å². The van der Waals surface area contributed by atoms with Crippen LogP contribution in [0.15, 0.2) is 18.2 Å². The van der Waals surface area contributed by atoms with Gasteiger partial charge in [-0.15, -0.1) is 0 Å². The van der Waals surface area contributed by atoms with E-state index in [1.165, 1.54) is 6.07 Å². The number of nitrogens with zero attached hydrogens (tertiary/aromatic N) is 1. The summed E-state index contributed by atoms with van der Waals surface area (Å²) < 4.78 is 26.1. The Kier molecular flexibility index (Phi) is 5.03. The Morgan fingerprint density at radius 3 is 2.65 bits per heavy atom. The van der Waals surface area contributed by atoms with Crippen molar-refractivity contribution in [3.8, 4) is 0 Å². The number of likely N-dealkylation sites (tertiary alicyclic amines) is 1. The average molecular weight is 284 g/mol. The van der Waals surface area contributed by atoms with Crippen molar-refractivity contribution in [2.24, 2.45) is 5.92 Å². The van der Waals surface area contributed by atoms with Crippen LogP contribution in [0.2, 0.25) is 0 Å². The first kappa shape index (κ1) is 14.9. The van der Waals surface area contributed by atoms with E-state index in [1.54, 1.807) is 0 Å². The Labute approximate surface area is 116 Å². The fourth-order valence-corrected chi connectivity index (χ4v) is 2.31. The van der Waals surface area contributed by atoms with Gasteiger partial charge in [-0.3, -0.25) is 9.69 Å². The van der Waals surface area contributed by atoms with E-state index in [0.29, 0.717) is 5.92 Å². The molecule has 1 saturated heterocycles. The summed E-state index contributed by atoms with van der Waals surface area (Å²) in [4.78, 5) is 13.8. The van der Waals surface area contributed by atoms with Gasteiger partial charge in [0.15, 0.2) is 0 Å². The minimum absolute atomic E-state index is 0.0124. The molecule has 6 heteroatoms. The van der Waals surface area contributed by atoms with E-state index in [2.05, 4.69) is 5.32 Å². The molecule has 1 fully saturated rings. The Morgan fingerprint density at radius 1 is 1.35 bits per heavy atom. The van der Waals surface area contributed by atoms with E-state index in [4.69, 9.17) is 5.11 Å². The molecule has 0 saturated carbocycles. The molecular formula is C14H18F2N2O2. The highest BCUT2D eigenvalue weighted by atomic mass is 19.1. The molecule has 4 nitrogen and oxygen atoms in total. The largest absolute Gasteiger partial charge is 0.396 e. The summed E-state index contributed by atoms with van der Waals surface area (Å²) in [5.74, 6) is -1.47. The highest BCUT2D eigenvalue weighted by Gasteiger charge is 2.20. The lowest BCUT2D eigenvalue weighted by Gasteiger charge is -2.30. The molecule has 0 aromatic heterocycles. The number of hydrogen-bond acceptors (Lipinski definition) is 3. The van der Waals surface area contributed by atoms with Crippen molar-refractivity contribution in [3.05, 3.63) is 29.8 Å². The van der Waals surface area contributed by atoms with Crippen molar-refractivity contribution >= 4 is 11.6 Å². The smallest absolute Gasteiger partial charge is 0.238 e. The van der Waals surface area contributed by atoms with E-state index < -0.39 is 11.6 Å². The Morgan fingerprint density at radius 2 is 2.05 bits per heavy atom. The third-order valence-corrected chi connectivity index (χ3v) is 3.54. The molecule has 1 aliphatic heterocycles. The zero-order valence-corrected chi connectivity index (χ0v) is 11.1. The Hall–Kier alpha value is -1.53. The molecule has 2 N–H and O–H groups in total. The minimum Gasteiger partial charge on any atom is -0.396 e. The molecule has 1 amide bonds. The second-order valence-electron chi connectivity index (χ2n) is 5.07. The number of halogens is 2. The lowest BCUT2D eigenvalue weighted by Crippen LogP contribution is -2.39. The number of amides is 1. The summed E-state index contributed by atoms with van der Waals surface area (Å²) >= 11 is 0. The lowest BCUT2D eigenvalue weighted by atomic mass is 9.98. The number of carbonyl (C=O) groups is 1. The maximum absolute atomic E-state index is 13.4. The normalized spacial score (nSPS) is 17.1. The summed E-state index contributed by atoms with van der Waals surface area (Å²) in [6.07, 6.45) is 1.71. The number of benzene rings is 1. The number of piperidine rings is 1. The molecule has 110 valence electrons. The number of aliphatic hydroxyl groups is 1. The highest BCUT2D eigenvalue weighted by Crippen LogP contribution is 2.17. The second kappa shape index (κ2) is 6.76. The van der Waals surface area contributed by atoms with E-state index in [1.807, 2.05) is 4.90 Å². The average Bonchev–Trinajstić information content (AvgIpc) is 2.43. The first-order valence-electron chi connectivity index (χ1n) is 6.66. The van der Waals surface area contributed by atoms with Gasteiger partial charge >= 0.3 is 0 Å². The van der Waals surface area contributed by atoms with Crippen LogP contribution in [0, 0.1) is 17.6 Å². The zero-order valence-electron chi connectivity index (χ0n) is 11.1. The van der Waals surface area contributed by atoms with Crippen LogP contribution in [0.5, 0.6) is 0 Å². The number of nitrogens with one attached hydrogen (secondary N) is 1. The molecule has 1 aromatic carbocycles. The standard InChI is InChI=1S/C14H18F2N2O2/c15-11-1-2-13(12(16)7-11)17-14(20)8-18-5-3-10(9-19)4-6-18/h1-2,7,10,19H,3-6,8-9H2,(H,17,20). The Balaban J connectivity index is 1.84. The van der Waals surface area contributed by atoms with Gasteiger partial charge < -0.3 is 10.4 Å². The fourth-order valence-electron chi connectivity index (χ4n) is 2.31. The summed E-state index contributed by atoms with van der Waals surface area (Å²) in [5, 5.41) is 11.5. The molecule has 0 atom stereocenters. The maximum Gasteiger partial charge on any atom is 0.238 e. The van der Waals surface area contributed by atoms with Gasteiger partial charge in [0, 0.05) is 12.7 Å².